The molecule has 172 valence electrons. The third-order valence-electron chi connectivity index (χ3n) is 6.28. The summed E-state index contributed by atoms with van der Waals surface area (Å²) in [6.07, 6.45) is 1.26. The molecule has 2 atom stereocenters. The number of aromatic amines is 1. The van der Waals surface area contributed by atoms with Gasteiger partial charge in [-0.15, -0.1) is 0 Å². The molecule has 9 nitrogen and oxygen atoms in total. The topological polar surface area (TPSA) is 113 Å². The number of aryl methyl sites for hydroxylation is 1. The smallest absolute Gasteiger partial charge is 0.417 e. The molecule has 1 saturated carbocycles. The van der Waals surface area contributed by atoms with E-state index in [-0.39, 0.29) is 29.4 Å². The predicted molar refractivity (Wildman–Crippen MR) is 126 cm³/mol. The Labute approximate surface area is 195 Å². The normalized spacial score (nSPS) is 19.9. The molecule has 2 N–H and O–H groups in total. The van der Waals surface area contributed by atoms with Crippen LogP contribution in [-0.2, 0) is 4.74 Å². The summed E-state index contributed by atoms with van der Waals surface area (Å²) in [7, 11) is 0. The first-order valence-corrected chi connectivity index (χ1v) is 11.4. The maximum Gasteiger partial charge on any atom is 0.417 e. The van der Waals surface area contributed by atoms with Gasteiger partial charge >= 0.3 is 6.09 Å². The van der Waals surface area contributed by atoms with Gasteiger partial charge in [0.05, 0.1) is 12.1 Å². The highest BCUT2D eigenvalue weighted by Crippen LogP contribution is 2.52. The molecule has 0 bridgehead atoms. The number of anilines is 2. The van der Waals surface area contributed by atoms with Crippen LogP contribution in [-0.4, -0.2) is 37.7 Å². The van der Waals surface area contributed by atoms with E-state index in [1.807, 2.05) is 6.92 Å². The molecule has 2 fully saturated rings. The molecule has 1 unspecified atom stereocenters. The van der Waals surface area contributed by atoms with Crippen molar-refractivity contribution in [1.82, 2.24) is 19.9 Å². The van der Waals surface area contributed by atoms with Gasteiger partial charge < -0.3 is 15.0 Å². The summed E-state index contributed by atoms with van der Waals surface area (Å²) < 4.78 is 5.71. The highest BCUT2D eigenvalue weighted by atomic mass is 35.5. The lowest BCUT2D eigenvalue weighted by molar-refractivity contribution is 0.109. The number of aromatic nitrogens is 4. The summed E-state index contributed by atoms with van der Waals surface area (Å²) in [6.45, 7) is 7.71. The number of rotatable bonds is 5. The Morgan fingerprint density at radius 1 is 1.18 bits per heavy atom. The Kier molecular flexibility index (Phi) is 5.04. The molecule has 2 aromatic heterocycles. The number of ether oxygens (including phenoxy) is 1. The summed E-state index contributed by atoms with van der Waals surface area (Å²) in [5.74, 6) is 1.17. The molecule has 2 aliphatic rings. The summed E-state index contributed by atoms with van der Waals surface area (Å²) in [4.78, 5) is 43.2. The largest absolute Gasteiger partial charge is 0.440 e. The fourth-order valence-corrected chi connectivity index (χ4v) is 4.87. The fraction of sp³-hybridized carbons (Fsp3) is 0.435. The minimum Gasteiger partial charge on any atom is -0.440 e. The van der Waals surface area contributed by atoms with Crippen molar-refractivity contribution in [1.29, 1.82) is 0 Å². The van der Waals surface area contributed by atoms with Gasteiger partial charge in [0, 0.05) is 21.5 Å². The van der Waals surface area contributed by atoms with E-state index in [0.29, 0.717) is 21.9 Å². The summed E-state index contributed by atoms with van der Waals surface area (Å²) in [5.41, 5.74) is 0.572. The van der Waals surface area contributed by atoms with Crippen molar-refractivity contribution in [2.45, 2.75) is 58.2 Å². The van der Waals surface area contributed by atoms with E-state index in [4.69, 9.17) is 16.3 Å². The van der Waals surface area contributed by atoms with Crippen molar-refractivity contribution in [3.8, 4) is 0 Å². The molecule has 3 aromatic rings. The number of nitrogens with zero attached hydrogens (tertiary/aromatic N) is 4. The van der Waals surface area contributed by atoms with Gasteiger partial charge in [0.15, 0.2) is 0 Å². The zero-order valence-corrected chi connectivity index (χ0v) is 19.6. The molecule has 1 aliphatic heterocycles. The summed E-state index contributed by atoms with van der Waals surface area (Å²) in [5, 5.41) is 4.60. The van der Waals surface area contributed by atoms with E-state index in [1.54, 1.807) is 36.1 Å². The number of carbonyl (C=O) groups is 1. The van der Waals surface area contributed by atoms with Gasteiger partial charge in [0.25, 0.3) is 5.56 Å². The Morgan fingerprint density at radius 2 is 1.94 bits per heavy atom. The number of nitrogens with one attached hydrogen (secondary N) is 2. The van der Waals surface area contributed by atoms with Gasteiger partial charge in [-0.05, 0) is 56.9 Å². The van der Waals surface area contributed by atoms with Crippen molar-refractivity contribution in [2.24, 2.45) is 5.92 Å². The second kappa shape index (κ2) is 7.69. The van der Waals surface area contributed by atoms with Crippen LogP contribution in [0, 0.1) is 12.8 Å². The Hall–Kier alpha value is -3.20. The van der Waals surface area contributed by atoms with Crippen LogP contribution in [0.15, 0.2) is 29.1 Å². The van der Waals surface area contributed by atoms with Crippen molar-refractivity contribution in [3.63, 3.8) is 0 Å². The average Bonchev–Trinajstić information content (AvgIpc) is 3.42. The molecule has 0 radical (unpaired) electrons. The summed E-state index contributed by atoms with van der Waals surface area (Å²) >= 11 is 6.11. The number of fused-ring (bicyclic) bond motifs is 1. The van der Waals surface area contributed by atoms with Crippen LogP contribution >= 0.6 is 11.6 Å². The Bertz CT molecular complexity index is 1320. The Balaban J connectivity index is 1.47. The van der Waals surface area contributed by atoms with Gasteiger partial charge in [-0.3, -0.25) is 4.79 Å². The van der Waals surface area contributed by atoms with Gasteiger partial charge in [-0.25, -0.2) is 9.69 Å². The number of carbonyl (C=O) groups excluding carboxylic acids is 1. The quantitative estimate of drug-likeness (QED) is 0.571. The van der Waals surface area contributed by atoms with Crippen LogP contribution in [0.1, 0.15) is 51.0 Å². The van der Waals surface area contributed by atoms with E-state index in [2.05, 4.69) is 39.1 Å². The first-order valence-electron chi connectivity index (χ1n) is 11.0. The average molecular weight is 469 g/mol. The Morgan fingerprint density at radius 3 is 2.64 bits per heavy atom. The molecule has 1 aliphatic carbocycles. The second-order valence-corrected chi connectivity index (χ2v) is 9.59. The van der Waals surface area contributed by atoms with Crippen LogP contribution < -0.4 is 15.8 Å². The molecule has 10 heteroatoms. The number of H-pyrrole nitrogens is 1. The molecule has 1 saturated heterocycles. The predicted octanol–water partition coefficient (Wildman–Crippen LogP) is 4.36. The molecule has 33 heavy (non-hydrogen) atoms. The molecule has 3 heterocycles. The minimum atomic E-state index is -0.438. The fourth-order valence-electron chi connectivity index (χ4n) is 4.69. The highest BCUT2D eigenvalue weighted by Gasteiger charge is 2.63. The molecular weight excluding hydrogens is 444 g/mol. The zero-order chi connectivity index (χ0) is 23.5. The number of hydrogen-bond donors (Lipinski definition) is 2. The van der Waals surface area contributed by atoms with Gasteiger partial charge in [0.1, 0.15) is 11.4 Å². The number of amides is 1. The molecule has 1 spiro atoms. The molecule has 5 rings (SSSR count). The SMILES string of the molecule is Cc1nc(N[C@@H](C)c2cc3cc(Cl)ccc3[nH]c2=O)nc(N2C(=O)OC3(CC3)C2C(C)C)n1. The molecular formula is C23H25ClN6O3. The van der Waals surface area contributed by atoms with Crippen LogP contribution in [0.3, 0.4) is 0 Å². The molecule has 1 amide bonds. The second-order valence-electron chi connectivity index (χ2n) is 9.15. The lowest BCUT2D eigenvalue weighted by Gasteiger charge is -2.26. The lowest BCUT2D eigenvalue weighted by atomic mass is 9.96. The maximum absolute atomic E-state index is 12.7. The van der Waals surface area contributed by atoms with Crippen molar-refractivity contribution < 1.29 is 9.53 Å². The van der Waals surface area contributed by atoms with Gasteiger partial charge in [-0.2, -0.15) is 15.0 Å². The zero-order valence-electron chi connectivity index (χ0n) is 18.8. The standard InChI is InChI=1S/C23H25ClN6O3/c1-11(2)18-23(7-8-23)33-22(32)30(18)21-27-13(4)26-20(29-21)25-12(3)16-10-14-9-15(24)5-6-17(14)28-19(16)31/h5-6,9-12,18H,7-8H2,1-4H3,(H,28,31)(H,25,26,27,29)/t12-,18?/m0/s1. The highest BCUT2D eigenvalue weighted by molar-refractivity contribution is 6.31. The first-order chi connectivity index (χ1) is 15.7. The van der Waals surface area contributed by atoms with Crippen LogP contribution in [0.2, 0.25) is 5.02 Å². The van der Waals surface area contributed by atoms with Gasteiger partial charge in [0.2, 0.25) is 11.9 Å². The maximum atomic E-state index is 12.7. The van der Waals surface area contributed by atoms with Crippen molar-refractivity contribution in [2.75, 3.05) is 10.2 Å². The van der Waals surface area contributed by atoms with E-state index in [0.717, 1.165) is 18.2 Å². The van der Waals surface area contributed by atoms with Crippen molar-refractivity contribution >= 4 is 40.5 Å². The number of benzene rings is 1. The third kappa shape index (κ3) is 3.80. The monoisotopic (exact) mass is 468 g/mol. The van der Waals surface area contributed by atoms with E-state index in [1.165, 1.54) is 0 Å². The number of hydrogen-bond acceptors (Lipinski definition) is 7. The number of pyridine rings is 1. The summed E-state index contributed by atoms with van der Waals surface area (Å²) in [6, 6.07) is 6.56. The van der Waals surface area contributed by atoms with E-state index >= 15 is 0 Å². The van der Waals surface area contributed by atoms with E-state index < -0.39 is 17.7 Å². The first kappa shape index (κ1) is 21.6. The van der Waals surface area contributed by atoms with Crippen molar-refractivity contribution in [3.05, 3.63) is 51.0 Å². The van der Waals surface area contributed by atoms with E-state index in [9.17, 15) is 9.59 Å². The van der Waals surface area contributed by atoms with Crippen LogP contribution in [0.4, 0.5) is 16.7 Å². The van der Waals surface area contributed by atoms with Crippen LogP contribution in [0.5, 0.6) is 0 Å². The lowest BCUT2D eigenvalue weighted by Crippen LogP contribution is -2.43. The van der Waals surface area contributed by atoms with Crippen LogP contribution in [0.25, 0.3) is 10.9 Å². The van der Waals surface area contributed by atoms with Gasteiger partial charge in [-0.1, -0.05) is 25.4 Å². The number of halogens is 1. The minimum absolute atomic E-state index is 0.134. The third-order valence-corrected chi connectivity index (χ3v) is 6.51. The molecule has 1 aromatic carbocycles.